The van der Waals surface area contributed by atoms with Crippen molar-refractivity contribution in [3.63, 3.8) is 0 Å². The molecule has 0 saturated heterocycles. The van der Waals surface area contributed by atoms with Gasteiger partial charge in [-0.2, -0.15) is 0 Å². The first-order chi connectivity index (χ1) is 10.2. The number of rotatable bonds is 2. The third-order valence-corrected chi connectivity index (χ3v) is 4.22. The van der Waals surface area contributed by atoms with Gasteiger partial charge in [-0.3, -0.25) is 4.79 Å². The van der Waals surface area contributed by atoms with Crippen molar-refractivity contribution in [3.05, 3.63) is 52.5 Å². The van der Waals surface area contributed by atoms with E-state index >= 15 is 0 Å². The first kappa shape index (κ1) is 13.9. The zero-order chi connectivity index (χ0) is 14.8. The van der Waals surface area contributed by atoms with Gasteiger partial charge in [0.15, 0.2) is 0 Å². The predicted octanol–water partition coefficient (Wildman–Crippen LogP) is 3.95. The van der Waals surface area contributed by atoms with E-state index in [1.165, 1.54) is 0 Å². The maximum atomic E-state index is 12.1. The van der Waals surface area contributed by atoms with Gasteiger partial charge in [-0.15, -0.1) is 0 Å². The summed E-state index contributed by atoms with van der Waals surface area (Å²) >= 11 is 3.55. The van der Waals surface area contributed by atoms with Gasteiger partial charge < -0.3 is 15.4 Å². The fraction of sp³-hybridized carbons (Fsp3) is 0.188. The van der Waals surface area contributed by atoms with Crippen molar-refractivity contribution in [2.24, 2.45) is 0 Å². The van der Waals surface area contributed by atoms with E-state index in [0.717, 1.165) is 27.2 Å². The van der Waals surface area contributed by atoms with Gasteiger partial charge >= 0.3 is 0 Å². The van der Waals surface area contributed by atoms with Crippen LogP contribution in [0.5, 0.6) is 5.75 Å². The molecule has 1 atom stereocenters. The molecule has 0 unspecified atom stereocenters. The zero-order valence-corrected chi connectivity index (χ0v) is 13.1. The molecular weight excluding hydrogens is 332 g/mol. The van der Waals surface area contributed by atoms with Crippen LogP contribution in [0.4, 0.5) is 11.4 Å². The molecule has 108 valence electrons. The van der Waals surface area contributed by atoms with E-state index in [1.54, 1.807) is 7.11 Å². The van der Waals surface area contributed by atoms with Crippen LogP contribution in [0, 0.1) is 0 Å². The highest BCUT2D eigenvalue weighted by molar-refractivity contribution is 9.10. The fourth-order valence-electron chi connectivity index (χ4n) is 2.45. The number of nitrogens with one attached hydrogen (secondary N) is 2. The SMILES string of the molecule is COc1ccc(Br)c([C@H]2CC(=O)Nc3ccccc3N2)c1. The predicted molar refractivity (Wildman–Crippen MR) is 86.7 cm³/mol. The number of halogens is 1. The smallest absolute Gasteiger partial charge is 0.226 e. The first-order valence-corrected chi connectivity index (χ1v) is 7.45. The number of hydrogen-bond acceptors (Lipinski definition) is 3. The molecule has 0 radical (unpaired) electrons. The Morgan fingerprint density at radius 1 is 1.19 bits per heavy atom. The molecule has 0 spiro atoms. The molecular formula is C16H15BrN2O2. The molecule has 3 rings (SSSR count). The van der Waals surface area contributed by atoms with Crippen LogP contribution in [0.15, 0.2) is 46.9 Å². The molecule has 0 aromatic heterocycles. The van der Waals surface area contributed by atoms with Crippen molar-refractivity contribution in [3.8, 4) is 5.75 Å². The van der Waals surface area contributed by atoms with Crippen LogP contribution in [0.1, 0.15) is 18.0 Å². The molecule has 1 heterocycles. The van der Waals surface area contributed by atoms with E-state index in [-0.39, 0.29) is 11.9 Å². The normalized spacial score (nSPS) is 17.2. The van der Waals surface area contributed by atoms with E-state index in [0.29, 0.717) is 6.42 Å². The topological polar surface area (TPSA) is 50.4 Å². The number of hydrogen-bond donors (Lipinski definition) is 2. The minimum absolute atomic E-state index is 0.00725. The van der Waals surface area contributed by atoms with Gasteiger partial charge in [-0.05, 0) is 35.9 Å². The molecule has 0 aliphatic carbocycles. The summed E-state index contributed by atoms with van der Waals surface area (Å²) in [5.74, 6) is 0.764. The highest BCUT2D eigenvalue weighted by Crippen LogP contribution is 2.36. The molecule has 1 aliphatic rings. The van der Waals surface area contributed by atoms with Crippen molar-refractivity contribution in [1.82, 2.24) is 0 Å². The second kappa shape index (κ2) is 5.77. The number of methoxy groups -OCH3 is 1. The van der Waals surface area contributed by atoms with E-state index < -0.39 is 0 Å². The molecule has 0 bridgehead atoms. The number of anilines is 2. The molecule has 21 heavy (non-hydrogen) atoms. The molecule has 1 aliphatic heterocycles. The van der Waals surface area contributed by atoms with E-state index in [2.05, 4.69) is 26.6 Å². The molecule has 2 aromatic rings. The van der Waals surface area contributed by atoms with Crippen molar-refractivity contribution in [1.29, 1.82) is 0 Å². The van der Waals surface area contributed by atoms with Crippen LogP contribution >= 0.6 is 15.9 Å². The van der Waals surface area contributed by atoms with Crippen LogP contribution in [-0.4, -0.2) is 13.0 Å². The third-order valence-electron chi connectivity index (χ3n) is 3.50. The van der Waals surface area contributed by atoms with Gasteiger partial charge in [0.2, 0.25) is 5.91 Å². The minimum Gasteiger partial charge on any atom is -0.497 e. The summed E-state index contributed by atoms with van der Waals surface area (Å²) in [7, 11) is 1.63. The van der Waals surface area contributed by atoms with Gasteiger partial charge in [-0.1, -0.05) is 28.1 Å². The van der Waals surface area contributed by atoms with Gasteiger partial charge in [0.1, 0.15) is 5.75 Å². The van der Waals surface area contributed by atoms with Crippen molar-refractivity contribution in [2.75, 3.05) is 17.7 Å². The number of amides is 1. The Hall–Kier alpha value is -2.01. The Morgan fingerprint density at radius 3 is 2.71 bits per heavy atom. The van der Waals surface area contributed by atoms with E-state index in [4.69, 9.17) is 4.74 Å². The van der Waals surface area contributed by atoms with Crippen LogP contribution < -0.4 is 15.4 Å². The Balaban J connectivity index is 2.01. The Labute approximate surface area is 131 Å². The summed E-state index contributed by atoms with van der Waals surface area (Å²) < 4.78 is 6.23. The summed E-state index contributed by atoms with van der Waals surface area (Å²) in [4.78, 5) is 12.1. The van der Waals surface area contributed by atoms with Gasteiger partial charge in [0.25, 0.3) is 0 Å². The summed E-state index contributed by atoms with van der Waals surface area (Å²) in [6.45, 7) is 0. The number of fused-ring (bicyclic) bond motifs is 1. The monoisotopic (exact) mass is 346 g/mol. The lowest BCUT2D eigenvalue weighted by molar-refractivity contribution is -0.116. The Kier molecular flexibility index (Phi) is 3.84. The summed E-state index contributed by atoms with van der Waals surface area (Å²) in [6.07, 6.45) is 0.362. The van der Waals surface area contributed by atoms with Gasteiger partial charge in [0.05, 0.1) is 30.9 Å². The summed E-state index contributed by atoms with van der Waals surface area (Å²) in [5, 5.41) is 6.35. The number of carbonyl (C=O) groups excluding carboxylic acids is 1. The Bertz CT molecular complexity index is 688. The molecule has 2 aromatic carbocycles. The molecule has 0 fully saturated rings. The van der Waals surface area contributed by atoms with Crippen LogP contribution in [-0.2, 0) is 4.79 Å². The molecule has 0 saturated carbocycles. The first-order valence-electron chi connectivity index (χ1n) is 6.66. The minimum atomic E-state index is -0.113. The maximum Gasteiger partial charge on any atom is 0.226 e. The standard InChI is InChI=1S/C16H15BrN2O2/c1-21-10-6-7-12(17)11(8-10)15-9-16(20)19-14-5-3-2-4-13(14)18-15/h2-8,15,18H,9H2,1H3,(H,19,20)/t15-/m1/s1. The van der Waals surface area contributed by atoms with E-state index in [9.17, 15) is 4.79 Å². The molecule has 1 amide bonds. The van der Waals surface area contributed by atoms with Crippen LogP contribution in [0.2, 0.25) is 0 Å². The van der Waals surface area contributed by atoms with Crippen LogP contribution in [0.3, 0.4) is 0 Å². The largest absolute Gasteiger partial charge is 0.497 e. The van der Waals surface area contributed by atoms with Crippen molar-refractivity contribution >= 4 is 33.2 Å². The number of ether oxygens (including phenoxy) is 1. The second-order valence-electron chi connectivity index (χ2n) is 4.88. The average Bonchev–Trinajstić information content (AvgIpc) is 2.65. The molecule has 5 heteroatoms. The van der Waals surface area contributed by atoms with Crippen LogP contribution in [0.25, 0.3) is 0 Å². The average molecular weight is 347 g/mol. The lowest BCUT2D eigenvalue weighted by Gasteiger charge is -2.19. The molecule has 4 nitrogen and oxygen atoms in total. The van der Waals surface area contributed by atoms with E-state index in [1.807, 2.05) is 42.5 Å². The van der Waals surface area contributed by atoms with Crippen molar-refractivity contribution in [2.45, 2.75) is 12.5 Å². The highest BCUT2D eigenvalue weighted by atomic mass is 79.9. The van der Waals surface area contributed by atoms with Gasteiger partial charge in [-0.25, -0.2) is 0 Å². The number of benzene rings is 2. The Morgan fingerprint density at radius 2 is 1.95 bits per heavy atom. The summed E-state index contributed by atoms with van der Waals surface area (Å²) in [6, 6.07) is 13.4. The maximum absolute atomic E-state index is 12.1. The third kappa shape index (κ3) is 2.88. The second-order valence-corrected chi connectivity index (χ2v) is 5.74. The zero-order valence-electron chi connectivity index (χ0n) is 11.5. The highest BCUT2D eigenvalue weighted by Gasteiger charge is 2.23. The lowest BCUT2D eigenvalue weighted by atomic mass is 10.0. The fourth-order valence-corrected chi connectivity index (χ4v) is 2.97. The quantitative estimate of drug-likeness (QED) is 0.865. The van der Waals surface area contributed by atoms with Gasteiger partial charge in [0, 0.05) is 4.47 Å². The number of para-hydroxylation sites is 2. The lowest BCUT2D eigenvalue weighted by Crippen LogP contribution is -2.16. The van der Waals surface area contributed by atoms with Crippen molar-refractivity contribution < 1.29 is 9.53 Å². The number of carbonyl (C=O) groups is 1. The molecule has 2 N–H and O–H groups in total. The summed E-state index contributed by atoms with van der Waals surface area (Å²) in [5.41, 5.74) is 2.73.